The van der Waals surface area contributed by atoms with E-state index < -0.39 is 0 Å². The molecule has 0 spiro atoms. The molecule has 72 valence electrons. The number of nitrogens with one attached hydrogen (secondary N) is 1. The SMILES string of the molecule is c1cncc(CCNc2nnns2)c1. The summed E-state index contributed by atoms with van der Waals surface area (Å²) in [6, 6.07) is 3.98. The highest BCUT2D eigenvalue weighted by atomic mass is 32.1. The smallest absolute Gasteiger partial charge is 0.225 e. The van der Waals surface area contributed by atoms with E-state index >= 15 is 0 Å². The largest absolute Gasteiger partial charge is 0.359 e. The van der Waals surface area contributed by atoms with E-state index in [9.17, 15) is 0 Å². The van der Waals surface area contributed by atoms with Gasteiger partial charge in [-0.3, -0.25) is 4.98 Å². The second-order valence-electron chi connectivity index (χ2n) is 2.71. The van der Waals surface area contributed by atoms with Crippen molar-refractivity contribution in [2.45, 2.75) is 6.42 Å². The van der Waals surface area contributed by atoms with Crippen LogP contribution in [0.5, 0.6) is 0 Å². The molecule has 2 heterocycles. The van der Waals surface area contributed by atoms with Crippen LogP contribution < -0.4 is 5.32 Å². The minimum absolute atomic E-state index is 0.758. The average Bonchev–Trinajstić information content (AvgIpc) is 2.72. The Hall–Kier alpha value is -1.56. The first-order valence-corrected chi connectivity index (χ1v) is 5.00. The highest BCUT2D eigenvalue weighted by Crippen LogP contribution is 2.04. The minimum Gasteiger partial charge on any atom is -0.359 e. The highest BCUT2D eigenvalue weighted by Gasteiger charge is 1.96. The second-order valence-corrected chi connectivity index (χ2v) is 3.44. The molecule has 14 heavy (non-hydrogen) atoms. The van der Waals surface area contributed by atoms with E-state index in [1.165, 1.54) is 17.1 Å². The third-order valence-corrected chi connectivity index (χ3v) is 2.27. The maximum Gasteiger partial charge on any atom is 0.225 e. The van der Waals surface area contributed by atoms with Gasteiger partial charge in [-0.25, -0.2) is 0 Å². The van der Waals surface area contributed by atoms with Crippen molar-refractivity contribution in [3.05, 3.63) is 30.1 Å². The van der Waals surface area contributed by atoms with Gasteiger partial charge in [0.2, 0.25) is 5.13 Å². The summed E-state index contributed by atoms with van der Waals surface area (Å²) in [5, 5.41) is 11.2. The Morgan fingerprint density at radius 3 is 3.14 bits per heavy atom. The van der Waals surface area contributed by atoms with Gasteiger partial charge < -0.3 is 5.32 Å². The normalized spacial score (nSPS) is 10.0. The fourth-order valence-corrected chi connectivity index (χ4v) is 1.45. The lowest BCUT2D eigenvalue weighted by Gasteiger charge is -2.00. The molecule has 0 aliphatic rings. The highest BCUT2D eigenvalue weighted by molar-refractivity contribution is 7.09. The van der Waals surface area contributed by atoms with E-state index in [-0.39, 0.29) is 0 Å². The molecule has 0 aliphatic heterocycles. The maximum absolute atomic E-state index is 4.03. The molecule has 0 amide bonds. The molecule has 0 unspecified atom stereocenters. The van der Waals surface area contributed by atoms with E-state index in [0.29, 0.717) is 0 Å². The summed E-state index contributed by atoms with van der Waals surface area (Å²) in [7, 11) is 0. The zero-order valence-electron chi connectivity index (χ0n) is 7.42. The minimum atomic E-state index is 0.758. The van der Waals surface area contributed by atoms with Crippen LogP contribution in [0.15, 0.2) is 24.5 Å². The van der Waals surface area contributed by atoms with Gasteiger partial charge in [-0.15, -0.1) is 0 Å². The van der Waals surface area contributed by atoms with Gasteiger partial charge in [0.05, 0.1) is 0 Å². The molecule has 0 saturated carbocycles. The van der Waals surface area contributed by atoms with Gasteiger partial charge in [-0.05, 0) is 23.3 Å². The van der Waals surface area contributed by atoms with Gasteiger partial charge in [0.15, 0.2) is 0 Å². The molecular weight excluding hydrogens is 198 g/mol. The molecular formula is C8H9N5S. The Balaban J connectivity index is 1.79. The molecule has 0 atom stereocenters. The number of hydrogen-bond acceptors (Lipinski definition) is 6. The molecule has 0 fully saturated rings. The molecule has 6 heteroatoms. The first-order chi connectivity index (χ1) is 6.95. The Kier molecular flexibility index (Phi) is 2.97. The Morgan fingerprint density at radius 1 is 1.43 bits per heavy atom. The lowest BCUT2D eigenvalue weighted by molar-refractivity contribution is 0.939. The predicted octanol–water partition coefficient (Wildman–Crippen LogP) is 0.983. The predicted molar refractivity (Wildman–Crippen MR) is 54.1 cm³/mol. The molecule has 1 N–H and O–H groups in total. The fraction of sp³-hybridized carbons (Fsp3) is 0.250. The number of hydrogen-bond donors (Lipinski definition) is 1. The molecule has 5 nitrogen and oxygen atoms in total. The van der Waals surface area contributed by atoms with Crippen LogP contribution >= 0.6 is 11.5 Å². The summed E-state index contributed by atoms with van der Waals surface area (Å²) >= 11 is 1.26. The van der Waals surface area contributed by atoms with Crippen LogP contribution in [0.3, 0.4) is 0 Å². The third kappa shape index (κ3) is 2.46. The van der Waals surface area contributed by atoms with Crippen LogP contribution in [-0.2, 0) is 6.42 Å². The number of anilines is 1. The number of aromatic nitrogens is 4. The third-order valence-electron chi connectivity index (χ3n) is 1.71. The van der Waals surface area contributed by atoms with Crippen LogP contribution in [0.1, 0.15) is 5.56 Å². The van der Waals surface area contributed by atoms with Crippen LogP contribution in [0.4, 0.5) is 5.13 Å². The van der Waals surface area contributed by atoms with Crippen LogP contribution in [0.2, 0.25) is 0 Å². The number of rotatable bonds is 4. The summed E-state index contributed by atoms with van der Waals surface area (Å²) in [5.74, 6) is 0. The van der Waals surface area contributed by atoms with Crippen molar-refractivity contribution in [3.63, 3.8) is 0 Å². The lowest BCUT2D eigenvalue weighted by atomic mass is 10.2. The molecule has 2 aromatic rings. The van der Waals surface area contributed by atoms with Crippen molar-refractivity contribution in [3.8, 4) is 0 Å². The molecule has 0 bridgehead atoms. The molecule has 0 aromatic carbocycles. The van der Waals surface area contributed by atoms with Crippen molar-refractivity contribution in [1.29, 1.82) is 0 Å². The van der Waals surface area contributed by atoms with Gasteiger partial charge in [-0.2, -0.15) is 0 Å². The van der Waals surface area contributed by atoms with Crippen molar-refractivity contribution < 1.29 is 0 Å². The van der Waals surface area contributed by atoms with Crippen molar-refractivity contribution in [2.75, 3.05) is 11.9 Å². The second kappa shape index (κ2) is 4.61. The summed E-state index contributed by atoms with van der Waals surface area (Å²) in [5.41, 5.74) is 1.21. The molecule has 2 rings (SSSR count). The molecule has 0 radical (unpaired) electrons. The van der Waals surface area contributed by atoms with Gasteiger partial charge >= 0.3 is 0 Å². The van der Waals surface area contributed by atoms with Crippen molar-refractivity contribution >= 4 is 16.7 Å². The van der Waals surface area contributed by atoms with Crippen LogP contribution in [0, 0.1) is 0 Å². The van der Waals surface area contributed by atoms with E-state index in [2.05, 4.69) is 25.1 Å². The first-order valence-electron chi connectivity index (χ1n) is 4.23. The zero-order valence-corrected chi connectivity index (χ0v) is 8.24. The Morgan fingerprint density at radius 2 is 2.43 bits per heavy atom. The van der Waals surface area contributed by atoms with Gasteiger partial charge in [0, 0.05) is 30.5 Å². The lowest BCUT2D eigenvalue weighted by Crippen LogP contribution is -2.04. The topological polar surface area (TPSA) is 63.6 Å². The maximum atomic E-state index is 4.03. The van der Waals surface area contributed by atoms with Crippen LogP contribution in [-0.4, -0.2) is 26.3 Å². The van der Waals surface area contributed by atoms with E-state index in [1.807, 2.05) is 18.3 Å². The molecule has 2 aromatic heterocycles. The van der Waals surface area contributed by atoms with Crippen molar-refractivity contribution in [2.24, 2.45) is 0 Å². The molecule has 0 saturated heterocycles. The van der Waals surface area contributed by atoms with Gasteiger partial charge in [0.25, 0.3) is 0 Å². The van der Waals surface area contributed by atoms with E-state index in [4.69, 9.17) is 0 Å². The average molecular weight is 207 g/mol. The van der Waals surface area contributed by atoms with Crippen molar-refractivity contribution in [1.82, 2.24) is 19.8 Å². The monoisotopic (exact) mass is 207 g/mol. The summed E-state index contributed by atoms with van der Waals surface area (Å²) in [6.07, 6.45) is 4.55. The first kappa shape index (κ1) is 9.01. The summed E-state index contributed by atoms with van der Waals surface area (Å²) in [6.45, 7) is 0.822. The number of pyridine rings is 1. The van der Waals surface area contributed by atoms with E-state index in [1.54, 1.807) is 6.20 Å². The Bertz CT molecular complexity index is 360. The van der Waals surface area contributed by atoms with Gasteiger partial charge in [-0.1, -0.05) is 15.7 Å². The standard InChI is InChI=1S/C8H9N5S/c1-2-7(6-9-4-1)3-5-10-8-11-12-13-14-8/h1-2,4,6H,3,5H2,(H,10,11,13). The Labute approximate surface area is 85.4 Å². The van der Waals surface area contributed by atoms with Crippen LogP contribution in [0.25, 0.3) is 0 Å². The summed E-state index contributed by atoms with van der Waals surface area (Å²) in [4.78, 5) is 4.03. The van der Waals surface area contributed by atoms with Gasteiger partial charge in [0.1, 0.15) is 0 Å². The summed E-state index contributed by atoms with van der Waals surface area (Å²) < 4.78 is 3.65. The number of nitrogens with zero attached hydrogens (tertiary/aromatic N) is 4. The quantitative estimate of drug-likeness (QED) is 0.809. The molecule has 0 aliphatic carbocycles. The fourth-order valence-electron chi connectivity index (χ4n) is 1.06. The van der Waals surface area contributed by atoms with E-state index in [0.717, 1.165) is 18.1 Å². The zero-order chi connectivity index (χ0) is 9.64.